The molecular formula is C10H22BClO2. The zero-order chi connectivity index (χ0) is 10.8. The predicted molar refractivity (Wildman–Crippen MR) is 62.4 cm³/mol. The van der Waals surface area contributed by atoms with Gasteiger partial charge < -0.3 is 10.0 Å². The number of halogens is 1. The molecule has 4 heteroatoms. The molecule has 0 saturated carbocycles. The first-order chi connectivity index (χ1) is 6.68. The third-order valence-electron chi connectivity index (χ3n) is 2.41. The summed E-state index contributed by atoms with van der Waals surface area (Å²) < 4.78 is 0. The Morgan fingerprint density at radius 2 is 1.50 bits per heavy atom. The van der Waals surface area contributed by atoms with Gasteiger partial charge in [0.1, 0.15) is 0 Å². The third kappa shape index (κ3) is 8.85. The van der Waals surface area contributed by atoms with E-state index in [0.717, 1.165) is 12.8 Å². The number of rotatable bonds is 9. The lowest BCUT2D eigenvalue weighted by molar-refractivity contribution is 0.396. The molecular weight excluding hydrogens is 198 g/mol. The largest absolute Gasteiger partial charge is 0.470 e. The number of unbranched alkanes of at least 4 members (excludes halogenated alkanes) is 6. The van der Waals surface area contributed by atoms with E-state index < -0.39 is 12.4 Å². The van der Waals surface area contributed by atoms with E-state index in [4.69, 9.17) is 21.6 Å². The average molecular weight is 221 g/mol. The molecule has 0 rings (SSSR count). The van der Waals surface area contributed by atoms with E-state index in [-0.39, 0.29) is 0 Å². The van der Waals surface area contributed by atoms with Crippen LogP contribution in [0.5, 0.6) is 0 Å². The molecule has 0 aliphatic carbocycles. The van der Waals surface area contributed by atoms with Crippen LogP contribution in [0.25, 0.3) is 0 Å². The van der Waals surface area contributed by atoms with Crippen molar-refractivity contribution in [3.63, 3.8) is 0 Å². The number of hydrogen-bond donors (Lipinski definition) is 2. The van der Waals surface area contributed by atoms with Gasteiger partial charge in [-0.1, -0.05) is 51.9 Å². The van der Waals surface area contributed by atoms with Crippen LogP contribution in [0.4, 0.5) is 0 Å². The molecule has 0 aliphatic rings. The van der Waals surface area contributed by atoms with E-state index in [1.54, 1.807) is 0 Å². The van der Waals surface area contributed by atoms with Crippen molar-refractivity contribution in [3.05, 3.63) is 0 Å². The van der Waals surface area contributed by atoms with Gasteiger partial charge in [-0.3, -0.25) is 0 Å². The van der Waals surface area contributed by atoms with E-state index in [0.29, 0.717) is 6.42 Å². The van der Waals surface area contributed by atoms with Crippen molar-refractivity contribution in [1.82, 2.24) is 0 Å². The van der Waals surface area contributed by atoms with E-state index >= 15 is 0 Å². The molecule has 2 N–H and O–H groups in total. The maximum atomic E-state index is 8.72. The molecule has 0 aromatic carbocycles. The van der Waals surface area contributed by atoms with E-state index in [2.05, 4.69) is 6.92 Å². The van der Waals surface area contributed by atoms with Crippen LogP contribution in [0, 0.1) is 0 Å². The molecule has 0 radical (unpaired) electrons. The summed E-state index contributed by atoms with van der Waals surface area (Å²) >= 11 is 5.68. The van der Waals surface area contributed by atoms with Crippen molar-refractivity contribution in [2.75, 3.05) is 0 Å². The molecule has 84 valence electrons. The Kier molecular flexibility index (Phi) is 10.0. The Morgan fingerprint density at radius 1 is 1.00 bits per heavy atom. The summed E-state index contributed by atoms with van der Waals surface area (Å²) in [6, 6.07) is 0. The van der Waals surface area contributed by atoms with Crippen molar-refractivity contribution in [2.24, 2.45) is 0 Å². The maximum Gasteiger partial charge on any atom is 0.470 e. The molecule has 0 spiro atoms. The lowest BCUT2D eigenvalue weighted by atomic mass is 9.82. The first kappa shape index (κ1) is 14.3. The highest BCUT2D eigenvalue weighted by Gasteiger charge is 2.19. The Morgan fingerprint density at radius 3 is 2.00 bits per heavy atom. The van der Waals surface area contributed by atoms with Crippen molar-refractivity contribution < 1.29 is 10.0 Å². The Hall–Kier alpha value is 0.275. The summed E-state index contributed by atoms with van der Waals surface area (Å²) in [5.41, 5.74) is 0. The second-order valence-corrected chi connectivity index (χ2v) is 4.40. The van der Waals surface area contributed by atoms with Gasteiger partial charge in [0, 0.05) is 0 Å². The van der Waals surface area contributed by atoms with Crippen LogP contribution in [0.15, 0.2) is 0 Å². The quantitative estimate of drug-likeness (QED) is 0.356. The Balaban J connectivity index is 3.06. The van der Waals surface area contributed by atoms with E-state index in [9.17, 15) is 0 Å². The summed E-state index contributed by atoms with van der Waals surface area (Å²) in [6.45, 7) is 2.21. The predicted octanol–water partition coefficient (Wildman–Crippen LogP) is 2.75. The van der Waals surface area contributed by atoms with E-state index in [1.165, 1.54) is 32.1 Å². The first-order valence-electron chi connectivity index (χ1n) is 5.68. The molecule has 0 heterocycles. The molecule has 1 unspecified atom stereocenters. The second-order valence-electron chi connectivity index (χ2n) is 3.84. The summed E-state index contributed by atoms with van der Waals surface area (Å²) in [5.74, 6) is 0. The molecule has 1 atom stereocenters. The van der Waals surface area contributed by atoms with Crippen LogP contribution < -0.4 is 0 Å². The van der Waals surface area contributed by atoms with Crippen LogP contribution in [-0.4, -0.2) is 22.4 Å². The zero-order valence-corrected chi connectivity index (χ0v) is 9.84. The normalized spacial score (nSPS) is 12.9. The standard InChI is InChI=1S/C10H22BClO2/c1-2-3-4-5-6-7-8-9-10(12)11(13)14/h10,13-14H,2-9H2,1H3. The highest BCUT2D eigenvalue weighted by atomic mass is 35.5. The Bertz CT molecular complexity index is 123. The SMILES string of the molecule is CCCCCCCCCC(Cl)B(O)O. The fourth-order valence-electron chi connectivity index (χ4n) is 1.45. The summed E-state index contributed by atoms with van der Waals surface area (Å²) in [7, 11) is -1.36. The lowest BCUT2D eigenvalue weighted by Crippen LogP contribution is -2.25. The number of hydrogen-bond acceptors (Lipinski definition) is 2. The molecule has 0 amide bonds. The zero-order valence-electron chi connectivity index (χ0n) is 9.08. The average Bonchev–Trinajstić information content (AvgIpc) is 2.16. The minimum Gasteiger partial charge on any atom is -0.426 e. The maximum absolute atomic E-state index is 8.72. The van der Waals surface area contributed by atoms with Crippen LogP contribution in [-0.2, 0) is 0 Å². The van der Waals surface area contributed by atoms with Crippen molar-refractivity contribution >= 4 is 18.7 Å². The van der Waals surface area contributed by atoms with Crippen LogP contribution in [0.2, 0.25) is 0 Å². The van der Waals surface area contributed by atoms with Crippen molar-refractivity contribution in [3.8, 4) is 0 Å². The van der Waals surface area contributed by atoms with Gasteiger partial charge in [0.2, 0.25) is 0 Å². The molecule has 0 aromatic rings. The van der Waals surface area contributed by atoms with Crippen molar-refractivity contribution in [1.29, 1.82) is 0 Å². The van der Waals surface area contributed by atoms with Crippen LogP contribution in [0.1, 0.15) is 58.3 Å². The molecule has 0 bridgehead atoms. The summed E-state index contributed by atoms with van der Waals surface area (Å²) in [4.78, 5) is 0. The molecule has 0 fully saturated rings. The molecule has 14 heavy (non-hydrogen) atoms. The van der Waals surface area contributed by atoms with Gasteiger partial charge in [-0.2, -0.15) is 0 Å². The second kappa shape index (κ2) is 9.82. The van der Waals surface area contributed by atoms with Gasteiger partial charge in [0.15, 0.2) is 0 Å². The fourth-order valence-corrected chi connectivity index (χ4v) is 1.60. The van der Waals surface area contributed by atoms with Gasteiger partial charge in [-0.25, -0.2) is 0 Å². The first-order valence-corrected chi connectivity index (χ1v) is 6.12. The molecule has 0 aromatic heterocycles. The van der Waals surface area contributed by atoms with Crippen LogP contribution >= 0.6 is 11.6 Å². The van der Waals surface area contributed by atoms with E-state index in [1.807, 2.05) is 0 Å². The monoisotopic (exact) mass is 220 g/mol. The van der Waals surface area contributed by atoms with Gasteiger partial charge >= 0.3 is 7.12 Å². The van der Waals surface area contributed by atoms with Crippen LogP contribution in [0.3, 0.4) is 0 Å². The fraction of sp³-hybridized carbons (Fsp3) is 1.00. The van der Waals surface area contributed by atoms with Crippen molar-refractivity contribution in [2.45, 2.75) is 63.6 Å². The van der Waals surface area contributed by atoms with Gasteiger partial charge in [-0.05, 0) is 6.42 Å². The summed E-state index contributed by atoms with van der Waals surface area (Å²) in [5, 5.41) is 16.9. The molecule has 2 nitrogen and oxygen atoms in total. The number of alkyl halides is 1. The lowest BCUT2D eigenvalue weighted by Gasteiger charge is -2.06. The molecule has 0 aliphatic heterocycles. The van der Waals surface area contributed by atoms with Gasteiger partial charge in [-0.15, -0.1) is 11.6 Å². The smallest absolute Gasteiger partial charge is 0.426 e. The topological polar surface area (TPSA) is 40.5 Å². The van der Waals surface area contributed by atoms with Gasteiger partial charge in [0.05, 0.1) is 5.28 Å². The third-order valence-corrected chi connectivity index (χ3v) is 2.85. The van der Waals surface area contributed by atoms with Gasteiger partial charge in [0.25, 0.3) is 0 Å². The highest BCUT2D eigenvalue weighted by Crippen LogP contribution is 2.12. The summed E-state index contributed by atoms with van der Waals surface area (Å²) in [6.07, 6.45) is 9.32. The minimum absolute atomic E-state index is 0.495. The highest BCUT2D eigenvalue weighted by molar-refractivity contribution is 6.57. The minimum atomic E-state index is -1.36. The Labute approximate surface area is 92.8 Å². The molecule has 0 saturated heterocycles.